The molecule has 0 fully saturated rings. The van der Waals surface area contributed by atoms with Gasteiger partial charge in [-0.1, -0.05) is 148 Å². The van der Waals surface area contributed by atoms with Crippen molar-refractivity contribution in [1.82, 2.24) is 0 Å². The summed E-state index contributed by atoms with van der Waals surface area (Å²) in [6, 6.07) is 0. The van der Waals surface area contributed by atoms with Crippen LogP contribution in [-0.2, 0) is 27.9 Å². The first-order chi connectivity index (χ1) is 25.4. The van der Waals surface area contributed by atoms with Crippen molar-refractivity contribution in [2.75, 3.05) is 54.1 Å². The summed E-state index contributed by atoms with van der Waals surface area (Å²) in [5, 5.41) is 20.1. The minimum absolute atomic E-state index is 0.00704. The zero-order valence-corrected chi connectivity index (χ0v) is 35.8. The van der Waals surface area contributed by atoms with E-state index in [4.69, 9.17) is 18.5 Å². The molecule has 0 radical (unpaired) electrons. The Balaban J connectivity index is 4.32. The van der Waals surface area contributed by atoms with Gasteiger partial charge >= 0.3 is 5.97 Å². The highest BCUT2D eigenvalue weighted by Gasteiger charge is 2.20. The van der Waals surface area contributed by atoms with Gasteiger partial charge in [0.1, 0.15) is 19.3 Å². The summed E-state index contributed by atoms with van der Waals surface area (Å²) in [5.41, 5.74) is 0. The Bertz CT molecular complexity index is 898. The number of quaternary nitrogens is 1. The molecule has 0 aliphatic carbocycles. The molecule has 10 nitrogen and oxygen atoms in total. The highest BCUT2D eigenvalue weighted by Crippen LogP contribution is 2.38. The molecule has 0 heterocycles. The largest absolute Gasteiger partial charge is 0.756 e. The van der Waals surface area contributed by atoms with Crippen LogP contribution in [0.3, 0.4) is 0 Å². The van der Waals surface area contributed by atoms with Gasteiger partial charge in [-0.05, 0) is 38.5 Å². The monoisotopic (exact) mass is 778 g/mol. The summed E-state index contributed by atoms with van der Waals surface area (Å²) in [6.07, 6.45) is 29.8. The number of hydrogen-bond acceptors (Lipinski definition) is 9. The van der Waals surface area contributed by atoms with Crippen LogP contribution in [0.1, 0.15) is 181 Å². The van der Waals surface area contributed by atoms with Gasteiger partial charge in [-0.15, -0.1) is 0 Å². The number of unbranched alkanes of at least 4 members (excludes halogenated alkanes) is 20. The molecule has 4 atom stereocenters. The molecule has 0 rings (SSSR count). The molecular weight excluding hydrogens is 693 g/mol. The van der Waals surface area contributed by atoms with Gasteiger partial charge in [-0.25, -0.2) is 0 Å². The molecule has 4 unspecified atom stereocenters. The molecule has 0 aromatic heterocycles. The van der Waals surface area contributed by atoms with E-state index in [1.54, 1.807) is 0 Å². The molecule has 2 N–H and O–H groups in total. The van der Waals surface area contributed by atoms with Gasteiger partial charge in [-0.2, -0.15) is 0 Å². The highest BCUT2D eigenvalue weighted by molar-refractivity contribution is 7.45. The van der Waals surface area contributed by atoms with Crippen LogP contribution in [0.4, 0.5) is 0 Å². The van der Waals surface area contributed by atoms with Crippen LogP contribution < -0.4 is 4.89 Å². The van der Waals surface area contributed by atoms with Gasteiger partial charge < -0.3 is 38.1 Å². The van der Waals surface area contributed by atoms with Crippen molar-refractivity contribution < 1.29 is 47.5 Å². The Hall–Kier alpha value is -0.840. The van der Waals surface area contributed by atoms with E-state index in [-0.39, 0.29) is 32.2 Å². The average molecular weight is 778 g/mol. The fraction of sp³-hybridized carbons (Fsp3) is 0.929. The van der Waals surface area contributed by atoms with Crippen molar-refractivity contribution in [2.45, 2.75) is 199 Å². The van der Waals surface area contributed by atoms with Gasteiger partial charge in [-0.3, -0.25) is 9.36 Å². The first-order valence-electron chi connectivity index (χ1n) is 21.6. The van der Waals surface area contributed by atoms with E-state index in [2.05, 4.69) is 19.9 Å². The lowest BCUT2D eigenvalue weighted by Gasteiger charge is -2.28. The van der Waals surface area contributed by atoms with E-state index in [0.717, 1.165) is 64.2 Å². The molecule has 0 amide bonds. The van der Waals surface area contributed by atoms with Crippen molar-refractivity contribution in [3.63, 3.8) is 0 Å². The minimum Gasteiger partial charge on any atom is -0.756 e. The number of aliphatic hydroxyl groups excluding tert-OH is 2. The van der Waals surface area contributed by atoms with Gasteiger partial charge in [0.2, 0.25) is 0 Å². The number of carbonyl (C=O) groups excluding carboxylic acids is 1. The number of aliphatic hydroxyl groups is 2. The maximum atomic E-state index is 12.7. The first kappa shape index (κ1) is 52.2. The van der Waals surface area contributed by atoms with E-state index in [9.17, 15) is 24.5 Å². The summed E-state index contributed by atoms with van der Waals surface area (Å²) in [7, 11) is 1.29. The highest BCUT2D eigenvalue weighted by atomic mass is 31.2. The molecule has 0 saturated carbocycles. The molecule has 0 aromatic carbocycles. The lowest BCUT2D eigenvalue weighted by atomic mass is 10.0. The molecule has 0 aromatic rings. The average Bonchev–Trinajstić information content (AvgIpc) is 3.10. The lowest BCUT2D eigenvalue weighted by Crippen LogP contribution is -2.37. The predicted octanol–water partition coefficient (Wildman–Crippen LogP) is 9.58. The second-order valence-corrected chi connectivity index (χ2v) is 17.4. The van der Waals surface area contributed by atoms with E-state index < -0.39 is 26.1 Å². The number of rotatable bonds is 40. The zero-order chi connectivity index (χ0) is 39.5. The third kappa shape index (κ3) is 37.8. The van der Waals surface area contributed by atoms with Crippen molar-refractivity contribution in [1.29, 1.82) is 0 Å². The van der Waals surface area contributed by atoms with Crippen LogP contribution in [0.2, 0.25) is 0 Å². The summed E-state index contributed by atoms with van der Waals surface area (Å²) in [6.45, 7) is 5.15. The maximum Gasteiger partial charge on any atom is 0.306 e. The molecule has 0 aliphatic heterocycles. The topological polar surface area (TPSA) is 135 Å². The molecule has 316 valence electrons. The van der Waals surface area contributed by atoms with Crippen LogP contribution >= 0.6 is 7.82 Å². The minimum atomic E-state index is -4.55. The van der Waals surface area contributed by atoms with Crippen LogP contribution in [0.5, 0.6) is 0 Å². The molecule has 0 saturated heterocycles. The number of allylic oxidation sites excluding steroid dienone is 1. The van der Waals surface area contributed by atoms with Crippen LogP contribution in [0.25, 0.3) is 0 Å². The summed E-state index contributed by atoms with van der Waals surface area (Å²) in [4.78, 5) is 25.0. The number of phosphoric acid groups is 1. The number of carbonyl (C=O) groups is 1. The van der Waals surface area contributed by atoms with E-state index >= 15 is 0 Å². The van der Waals surface area contributed by atoms with E-state index in [0.29, 0.717) is 36.9 Å². The summed E-state index contributed by atoms with van der Waals surface area (Å²) in [5.74, 6) is -0.385. The SMILES string of the molecule is CCCCCCCCCCCCCCCCOCC(COP(=O)([O-])OCC[N+](C)(C)C)OC(=O)CCCCCCC/C=C\CC(O)C(O)CCCCC. The third-order valence-corrected chi connectivity index (χ3v) is 10.5. The van der Waals surface area contributed by atoms with Crippen LogP contribution in [-0.4, -0.2) is 93.1 Å². The molecule has 0 aliphatic rings. The Morgan fingerprint density at radius 3 is 1.77 bits per heavy atom. The second-order valence-electron chi connectivity index (χ2n) is 16.0. The van der Waals surface area contributed by atoms with Gasteiger partial charge in [0.05, 0.1) is 46.6 Å². The van der Waals surface area contributed by atoms with Crippen LogP contribution in [0.15, 0.2) is 12.2 Å². The van der Waals surface area contributed by atoms with Gasteiger partial charge in [0.15, 0.2) is 0 Å². The predicted molar refractivity (Wildman–Crippen MR) is 216 cm³/mol. The normalized spacial score (nSPS) is 15.1. The smallest absolute Gasteiger partial charge is 0.306 e. The Kier molecular flexibility index (Phi) is 35.0. The Morgan fingerprint density at radius 1 is 0.660 bits per heavy atom. The standard InChI is InChI=1S/C42H84NO9P/c1-6-8-10-11-12-13-14-15-16-17-20-23-26-30-35-49-37-39(38-51-53(47,48)50-36-34-43(3,4)5)52-42(46)33-29-25-22-19-18-21-24-28-32-41(45)40(44)31-27-9-7-2/h24,28,39-41,44-45H,6-23,25-27,29-38H2,1-5H3/b28-24-. The van der Waals surface area contributed by atoms with Gasteiger partial charge in [0.25, 0.3) is 7.82 Å². The molecule has 0 bridgehead atoms. The number of ether oxygens (including phenoxy) is 2. The fourth-order valence-corrected chi connectivity index (χ4v) is 6.71. The lowest BCUT2D eigenvalue weighted by molar-refractivity contribution is -0.870. The quantitative estimate of drug-likeness (QED) is 0.0205. The number of likely N-dealkylation sites (N-methyl/N-ethyl adjacent to an activating group) is 1. The van der Waals surface area contributed by atoms with Crippen molar-refractivity contribution in [2.24, 2.45) is 0 Å². The third-order valence-electron chi connectivity index (χ3n) is 9.52. The molecule has 0 spiro atoms. The number of phosphoric ester groups is 1. The number of esters is 1. The maximum absolute atomic E-state index is 12.7. The van der Waals surface area contributed by atoms with Crippen LogP contribution in [0, 0.1) is 0 Å². The summed E-state index contributed by atoms with van der Waals surface area (Å²) >= 11 is 0. The zero-order valence-electron chi connectivity index (χ0n) is 35.0. The molecular formula is C42H84NO9P. The Morgan fingerprint density at radius 2 is 1.19 bits per heavy atom. The number of hydrogen-bond donors (Lipinski definition) is 2. The summed E-state index contributed by atoms with van der Waals surface area (Å²) < 4.78 is 34.5. The van der Waals surface area contributed by atoms with E-state index in [1.807, 2.05) is 27.2 Å². The Labute approximate surface area is 326 Å². The second kappa shape index (κ2) is 35.6. The molecule has 11 heteroatoms. The van der Waals surface area contributed by atoms with Crippen molar-refractivity contribution in [3.8, 4) is 0 Å². The van der Waals surface area contributed by atoms with Gasteiger partial charge in [0, 0.05) is 13.0 Å². The van der Waals surface area contributed by atoms with E-state index in [1.165, 1.54) is 77.0 Å². The first-order valence-corrected chi connectivity index (χ1v) is 23.0. The number of nitrogens with zero attached hydrogens (tertiary/aromatic N) is 1. The molecule has 53 heavy (non-hydrogen) atoms. The van der Waals surface area contributed by atoms with Crippen molar-refractivity contribution in [3.05, 3.63) is 12.2 Å². The fourth-order valence-electron chi connectivity index (χ4n) is 5.98. The van der Waals surface area contributed by atoms with Crippen molar-refractivity contribution >= 4 is 13.8 Å².